The molecule has 0 unspecified atom stereocenters. The average Bonchev–Trinajstić information content (AvgIpc) is 3.21. The summed E-state index contributed by atoms with van der Waals surface area (Å²) in [5, 5.41) is 19.4. The van der Waals surface area contributed by atoms with Crippen LogP contribution in [-0.2, 0) is 11.8 Å². The fourth-order valence-corrected chi connectivity index (χ4v) is 4.23. The van der Waals surface area contributed by atoms with Crippen LogP contribution in [0.2, 0.25) is 0 Å². The maximum atomic E-state index is 12.9. The number of benzene rings is 2. The second-order valence-electron chi connectivity index (χ2n) is 9.82. The van der Waals surface area contributed by atoms with Gasteiger partial charge in [-0.1, -0.05) is 52.0 Å². The molecular formula is C29H31N5O4. The number of ether oxygens (including phenoxy) is 1. The van der Waals surface area contributed by atoms with E-state index >= 15 is 0 Å². The van der Waals surface area contributed by atoms with E-state index in [4.69, 9.17) is 4.74 Å². The maximum absolute atomic E-state index is 12.9. The second kappa shape index (κ2) is 10.8. The number of nitrogens with zero attached hydrogens (tertiary/aromatic N) is 3. The molecule has 0 saturated carbocycles. The number of carbonyl (C=O) groups excluding carboxylic acids is 1. The van der Waals surface area contributed by atoms with Crippen molar-refractivity contribution in [1.29, 1.82) is 0 Å². The minimum atomic E-state index is -1.07. The van der Waals surface area contributed by atoms with E-state index in [1.807, 2.05) is 38.1 Å². The van der Waals surface area contributed by atoms with Gasteiger partial charge < -0.3 is 20.5 Å². The van der Waals surface area contributed by atoms with Crippen molar-refractivity contribution in [3.05, 3.63) is 89.4 Å². The van der Waals surface area contributed by atoms with Crippen LogP contribution in [0, 0.1) is 6.92 Å². The summed E-state index contributed by atoms with van der Waals surface area (Å²) >= 11 is 0. The number of pyridine rings is 1. The fourth-order valence-electron chi connectivity index (χ4n) is 4.23. The van der Waals surface area contributed by atoms with Gasteiger partial charge in [-0.3, -0.25) is 0 Å². The van der Waals surface area contributed by atoms with Crippen molar-refractivity contribution in [3.63, 3.8) is 0 Å². The number of anilines is 2. The Morgan fingerprint density at radius 2 is 1.79 bits per heavy atom. The molecule has 0 saturated heterocycles. The largest absolute Gasteiger partial charge is 0.476 e. The molecule has 0 aliphatic carbocycles. The highest BCUT2D eigenvalue weighted by Gasteiger charge is 2.21. The predicted octanol–water partition coefficient (Wildman–Crippen LogP) is 6.57. The molecule has 2 heterocycles. The first-order chi connectivity index (χ1) is 18.1. The van der Waals surface area contributed by atoms with Crippen LogP contribution in [0.5, 0.6) is 11.6 Å². The highest BCUT2D eigenvalue weighted by molar-refractivity contribution is 6.00. The van der Waals surface area contributed by atoms with Crippen molar-refractivity contribution in [3.8, 4) is 17.3 Å². The van der Waals surface area contributed by atoms with Crippen molar-refractivity contribution < 1.29 is 19.4 Å². The first-order valence-electron chi connectivity index (χ1n) is 12.3. The number of carbonyl (C=O) groups is 2. The van der Waals surface area contributed by atoms with Gasteiger partial charge in [0, 0.05) is 28.7 Å². The van der Waals surface area contributed by atoms with Gasteiger partial charge in [0.2, 0.25) is 5.88 Å². The molecular weight excluding hydrogens is 482 g/mol. The van der Waals surface area contributed by atoms with Crippen LogP contribution in [0.25, 0.3) is 5.69 Å². The molecule has 4 aromatic rings. The minimum Gasteiger partial charge on any atom is -0.476 e. The molecule has 196 valence electrons. The quantitative estimate of drug-likeness (QED) is 0.257. The monoisotopic (exact) mass is 513 g/mol. The number of rotatable bonds is 7. The molecule has 2 amide bonds. The zero-order valence-electron chi connectivity index (χ0n) is 22.1. The SMILES string of the molecule is CCc1c(C(=O)O)nn(-c2cccc(NC(=O)Nc3cccnc3Oc3ccccc3C(C)(C)C)c2)c1C. The van der Waals surface area contributed by atoms with Crippen LogP contribution < -0.4 is 15.4 Å². The number of hydrogen-bond acceptors (Lipinski definition) is 5. The zero-order chi connectivity index (χ0) is 27.4. The standard InChI is InChI=1S/C29H31N5O4/c1-6-21-18(2)34(33-25(21)27(35)36)20-12-9-11-19(17-20)31-28(37)32-23-14-10-16-30-26(23)38-24-15-8-7-13-22(24)29(3,4)5/h7-17H,6H2,1-5H3,(H,35,36)(H2,31,32,37). The van der Waals surface area contributed by atoms with E-state index in [0.29, 0.717) is 34.8 Å². The van der Waals surface area contributed by atoms with E-state index in [-0.39, 0.29) is 17.0 Å². The van der Waals surface area contributed by atoms with Crippen LogP contribution in [0.15, 0.2) is 66.9 Å². The topological polar surface area (TPSA) is 118 Å². The predicted molar refractivity (Wildman–Crippen MR) is 147 cm³/mol. The second-order valence-corrected chi connectivity index (χ2v) is 9.82. The summed E-state index contributed by atoms with van der Waals surface area (Å²) in [6, 6.07) is 17.7. The molecule has 2 aromatic carbocycles. The Morgan fingerprint density at radius 3 is 2.47 bits per heavy atom. The molecule has 0 fully saturated rings. The summed E-state index contributed by atoms with van der Waals surface area (Å²) in [7, 11) is 0. The number of aromatic nitrogens is 3. The van der Waals surface area contributed by atoms with Crippen LogP contribution in [0.3, 0.4) is 0 Å². The van der Waals surface area contributed by atoms with E-state index in [1.165, 1.54) is 0 Å². The molecule has 0 aliphatic heterocycles. The molecule has 2 aromatic heterocycles. The number of nitrogens with one attached hydrogen (secondary N) is 2. The van der Waals surface area contributed by atoms with Crippen LogP contribution in [0.1, 0.15) is 55.0 Å². The number of aromatic carboxylic acids is 1. The van der Waals surface area contributed by atoms with Gasteiger partial charge in [-0.15, -0.1) is 0 Å². The van der Waals surface area contributed by atoms with Crippen molar-refractivity contribution in [2.75, 3.05) is 10.6 Å². The summed E-state index contributed by atoms with van der Waals surface area (Å²) in [5.41, 5.74) is 3.86. The van der Waals surface area contributed by atoms with Crippen LogP contribution >= 0.6 is 0 Å². The molecule has 0 radical (unpaired) electrons. The Bertz CT molecular complexity index is 1490. The summed E-state index contributed by atoms with van der Waals surface area (Å²) in [4.78, 5) is 28.9. The van der Waals surface area contributed by atoms with Gasteiger partial charge in [0.15, 0.2) is 5.69 Å². The summed E-state index contributed by atoms with van der Waals surface area (Å²) in [6.45, 7) is 10.0. The van der Waals surface area contributed by atoms with Crippen LogP contribution in [0.4, 0.5) is 16.2 Å². The first-order valence-corrected chi connectivity index (χ1v) is 12.3. The molecule has 9 heteroatoms. The molecule has 0 spiro atoms. The van der Waals surface area contributed by atoms with E-state index in [1.54, 1.807) is 47.3 Å². The zero-order valence-corrected chi connectivity index (χ0v) is 22.1. The fraction of sp³-hybridized carbons (Fsp3) is 0.241. The third kappa shape index (κ3) is 5.67. The lowest BCUT2D eigenvalue weighted by atomic mass is 9.86. The highest BCUT2D eigenvalue weighted by atomic mass is 16.5. The molecule has 0 atom stereocenters. The van der Waals surface area contributed by atoms with Gasteiger partial charge in [0.05, 0.1) is 5.69 Å². The summed E-state index contributed by atoms with van der Waals surface area (Å²) < 4.78 is 7.71. The number of urea groups is 1. The van der Waals surface area contributed by atoms with Gasteiger partial charge in [-0.2, -0.15) is 5.10 Å². The number of hydrogen-bond donors (Lipinski definition) is 3. The number of carboxylic acid groups (broad SMARTS) is 1. The molecule has 4 rings (SSSR count). The Morgan fingerprint density at radius 1 is 1.03 bits per heavy atom. The van der Waals surface area contributed by atoms with Crippen LogP contribution in [-0.4, -0.2) is 31.9 Å². The van der Waals surface area contributed by atoms with E-state index in [9.17, 15) is 14.7 Å². The summed E-state index contributed by atoms with van der Waals surface area (Å²) in [6.07, 6.45) is 2.15. The van der Waals surface area contributed by atoms with E-state index < -0.39 is 12.0 Å². The third-order valence-electron chi connectivity index (χ3n) is 6.07. The Labute approximate surface area is 221 Å². The van der Waals surface area contributed by atoms with Crippen molar-refractivity contribution in [1.82, 2.24) is 14.8 Å². The summed E-state index contributed by atoms with van der Waals surface area (Å²) in [5.74, 6) is -0.137. The Balaban J connectivity index is 1.54. The lowest BCUT2D eigenvalue weighted by Crippen LogP contribution is -2.20. The van der Waals surface area contributed by atoms with Crippen molar-refractivity contribution in [2.24, 2.45) is 0 Å². The smallest absolute Gasteiger partial charge is 0.356 e. The van der Waals surface area contributed by atoms with Gasteiger partial charge in [-0.25, -0.2) is 19.3 Å². The third-order valence-corrected chi connectivity index (χ3v) is 6.07. The first kappa shape index (κ1) is 26.4. The number of para-hydroxylation sites is 1. The van der Waals surface area contributed by atoms with Gasteiger partial charge in [0.25, 0.3) is 0 Å². The van der Waals surface area contributed by atoms with E-state index in [2.05, 4.69) is 41.5 Å². The number of carboxylic acids is 1. The lowest BCUT2D eigenvalue weighted by Gasteiger charge is -2.22. The highest BCUT2D eigenvalue weighted by Crippen LogP contribution is 2.35. The minimum absolute atomic E-state index is 0.0262. The lowest BCUT2D eigenvalue weighted by molar-refractivity contribution is 0.0688. The van der Waals surface area contributed by atoms with Gasteiger partial charge >= 0.3 is 12.0 Å². The normalized spacial score (nSPS) is 11.2. The number of amides is 2. The average molecular weight is 514 g/mol. The van der Waals surface area contributed by atoms with Crippen molar-refractivity contribution >= 4 is 23.4 Å². The molecule has 9 nitrogen and oxygen atoms in total. The molecule has 3 N–H and O–H groups in total. The molecule has 38 heavy (non-hydrogen) atoms. The molecule has 0 aliphatic rings. The van der Waals surface area contributed by atoms with E-state index in [0.717, 1.165) is 11.3 Å². The Hall–Kier alpha value is -4.66. The van der Waals surface area contributed by atoms with Gasteiger partial charge in [0.1, 0.15) is 11.4 Å². The Kier molecular flexibility index (Phi) is 7.47. The maximum Gasteiger partial charge on any atom is 0.356 e. The molecule has 0 bridgehead atoms. The van der Waals surface area contributed by atoms with Crippen molar-refractivity contribution in [2.45, 2.75) is 46.5 Å². The van der Waals surface area contributed by atoms with Gasteiger partial charge in [-0.05, 0) is 55.2 Å².